The van der Waals surface area contributed by atoms with E-state index >= 15 is 0 Å². The summed E-state index contributed by atoms with van der Waals surface area (Å²) in [5.41, 5.74) is -0.425. The molecule has 29 heavy (non-hydrogen) atoms. The van der Waals surface area contributed by atoms with Crippen molar-refractivity contribution in [2.75, 3.05) is 11.9 Å². The molecule has 3 heterocycles. The number of alkyl halides is 3. The van der Waals surface area contributed by atoms with Crippen LogP contribution in [0.25, 0.3) is 22.4 Å². The number of H-pyrrole nitrogens is 2. The maximum Gasteiger partial charge on any atom is 0.405 e. The van der Waals surface area contributed by atoms with Gasteiger partial charge in [0.15, 0.2) is 17.5 Å². The van der Waals surface area contributed by atoms with Gasteiger partial charge < -0.3 is 15.6 Å². The molecule has 0 unspecified atom stereocenters. The molecule has 4 N–H and O–H groups in total. The van der Waals surface area contributed by atoms with Crippen LogP contribution in [0.3, 0.4) is 0 Å². The van der Waals surface area contributed by atoms with E-state index in [1.807, 2.05) is 5.32 Å². The molecule has 0 radical (unpaired) electrons. The Morgan fingerprint density at radius 1 is 1.31 bits per heavy atom. The van der Waals surface area contributed by atoms with Crippen molar-refractivity contribution in [2.45, 2.75) is 32.0 Å². The van der Waals surface area contributed by atoms with E-state index in [4.69, 9.17) is 0 Å². The van der Waals surface area contributed by atoms with Crippen LogP contribution in [0.2, 0.25) is 0 Å². The maximum absolute atomic E-state index is 14.3. The van der Waals surface area contributed by atoms with Crippen LogP contribution >= 0.6 is 0 Å². The van der Waals surface area contributed by atoms with E-state index in [9.17, 15) is 22.4 Å². The fourth-order valence-corrected chi connectivity index (χ4v) is 2.61. The van der Waals surface area contributed by atoms with E-state index in [1.54, 1.807) is 19.3 Å². The number of amides is 1. The normalized spacial score (nSPS) is 13.9. The first-order chi connectivity index (χ1) is 13.6. The van der Waals surface area contributed by atoms with Gasteiger partial charge in [-0.1, -0.05) is 6.92 Å². The number of nitrogens with zero attached hydrogens (tertiary/aromatic N) is 3. The van der Waals surface area contributed by atoms with Crippen molar-refractivity contribution in [1.82, 2.24) is 25.3 Å². The Bertz CT molecular complexity index is 1040. The van der Waals surface area contributed by atoms with E-state index in [-0.39, 0.29) is 18.1 Å². The van der Waals surface area contributed by atoms with Gasteiger partial charge in [-0.15, -0.1) is 0 Å². The summed E-state index contributed by atoms with van der Waals surface area (Å²) in [5.74, 6) is -1.93. The van der Waals surface area contributed by atoms with Gasteiger partial charge in [0.05, 0.1) is 17.1 Å². The Labute approximate surface area is 162 Å². The fraction of sp³-hybridized carbons (Fsp3) is 0.353. The number of aromatic amines is 2. The zero-order chi connectivity index (χ0) is 21.2. The van der Waals surface area contributed by atoms with Gasteiger partial charge in [0.25, 0.3) is 12.0 Å². The fourth-order valence-electron chi connectivity index (χ4n) is 2.61. The minimum Gasteiger partial charge on any atom is -0.354 e. The lowest BCUT2D eigenvalue weighted by Gasteiger charge is -2.29. The van der Waals surface area contributed by atoms with Crippen LogP contribution in [0.4, 0.5) is 23.4 Å². The summed E-state index contributed by atoms with van der Waals surface area (Å²) in [7, 11) is 0. The summed E-state index contributed by atoms with van der Waals surface area (Å²) in [5, 5.41) is 5.09. The molecular weight excluding hydrogens is 394 g/mol. The summed E-state index contributed by atoms with van der Waals surface area (Å²) in [6.45, 7) is 1.46. The minimum atomic E-state index is -4.56. The molecule has 154 valence electrons. The molecule has 0 spiro atoms. The first-order valence-corrected chi connectivity index (χ1v) is 8.62. The van der Waals surface area contributed by atoms with E-state index in [2.05, 4.69) is 30.2 Å². The van der Waals surface area contributed by atoms with Crippen molar-refractivity contribution >= 4 is 22.8 Å². The van der Waals surface area contributed by atoms with Crippen LogP contribution in [-0.4, -0.2) is 44.1 Å². The number of carbonyl (C=O) groups is 1. The second kappa shape index (κ2) is 7.60. The van der Waals surface area contributed by atoms with Gasteiger partial charge in [0, 0.05) is 6.20 Å². The third-order valence-corrected chi connectivity index (χ3v) is 4.43. The van der Waals surface area contributed by atoms with Gasteiger partial charge >= 0.3 is 6.18 Å². The number of hydrogen-bond acceptors (Lipinski definition) is 5. The highest BCUT2D eigenvalue weighted by atomic mass is 19.4. The molecular formula is C17H18F4N7O+. The Balaban J connectivity index is 1.90. The van der Waals surface area contributed by atoms with Crippen molar-refractivity contribution in [3.05, 3.63) is 30.7 Å². The number of hydrogen-bond donors (Lipinski definition) is 3. The van der Waals surface area contributed by atoms with Crippen molar-refractivity contribution in [1.29, 1.82) is 0 Å². The van der Waals surface area contributed by atoms with Crippen LogP contribution in [0, 0.1) is 5.82 Å². The predicted molar refractivity (Wildman–Crippen MR) is 95.0 cm³/mol. The molecule has 0 fully saturated rings. The molecule has 8 nitrogen and oxygen atoms in total. The van der Waals surface area contributed by atoms with Crippen molar-refractivity contribution < 1.29 is 27.3 Å². The highest BCUT2D eigenvalue weighted by molar-refractivity contribution is 5.91. The number of aromatic nitrogens is 5. The number of carbonyl (C=O) groups excluding carboxylic acids is 1. The molecule has 1 amide bonds. The molecule has 0 aliphatic rings. The Morgan fingerprint density at radius 2 is 2.07 bits per heavy atom. The first kappa shape index (κ1) is 20.4. The molecule has 0 aromatic carbocycles. The van der Waals surface area contributed by atoms with Gasteiger partial charge in [0.2, 0.25) is 5.91 Å². The molecule has 0 aliphatic carbocycles. The summed E-state index contributed by atoms with van der Waals surface area (Å²) in [6.07, 6.45) is 1.19. The lowest BCUT2D eigenvalue weighted by molar-refractivity contribution is -0.380. The highest BCUT2D eigenvalue weighted by Crippen LogP contribution is 2.27. The number of nitrogens with one attached hydrogen (secondary N) is 4. The van der Waals surface area contributed by atoms with Crippen molar-refractivity contribution in [2.24, 2.45) is 0 Å². The number of halogens is 4. The number of fused-ring (bicyclic) bond motifs is 1. The van der Waals surface area contributed by atoms with Gasteiger partial charge in [-0.25, -0.2) is 19.3 Å². The van der Waals surface area contributed by atoms with Gasteiger partial charge in [-0.3, -0.25) is 4.79 Å². The smallest absolute Gasteiger partial charge is 0.354 e. The zero-order valence-corrected chi connectivity index (χ0v) is 15.5. The molecule has 12 heteroatoms. The summed E-state index contributed by atoms with van der Waals surface area (Å²) >= 11 is 0. The van der Waals surface area contributed by atoms with Gasteiger partial charge in [-0.2, -0.15) is 13.2 Å². The van der Waals surface area contributed by atoms with Crippen LogP contribution in [0.1, 0.15) is 20.3 Å². The first-order valence-electron chi connectivity index (χ1n) is 8.62. The standard InChI is InChI=1S/C17H17F4N7O/c1-3-16(2,15(29)25-7-17(19,20)21)28-14-11(18)6-24-13(27-14)10-5-23-12-9(10)4-22-8-26-12/h4-6,8H,3,7H2,1-2H3,(H,25,29)(H,22,23,26)(H,24,27,28)/p+1/t16-/m0/s1. The van der Waals surface area contributed by atoms with Gasteiger partial charge in [0.1, 0.15) is 18.3 Å². The van der Waals surface area contributed by atoms with Crippen LogP contribution in [0.15, 0.2) is 24.9 Å². The third kappa shape index (κ3) is 4.41. The summed E-state index contributed by atoms with van der Waals surface area (Å²) < 4.78 is 51.5. The second-order valence-corrected chi connectivity index (χ2v) is 6.53. The quantitative estimate of drug-likeness (QED) is 0.538. The number of anilines is 1. The van der Waals surface area contributed by atoms with Crippen LogP contribution in [0.5, 0.6) is 0 Å². The Hall–Kier alpha value is -3.31. The summed E-state index contributed by atoms with van der Waals surface area (Å²) in [6, 6.07) is 0. The van der Waals surface area contributed by atoms with Crippen molar-refractivity contribution in [3.8, 4) is 11.4 Å². The SMILES string of the molecule is CC[C@](C)(Nc1nc(-c2c[nH]c3nc[nH+]cc23)ncc1F)C(=O)NCC(F)(F)F. The largest absolute Gasteiger partial charge is 0.405 e. The molecule has 0 saturated heterocycles. The van der Waals surface area contributed by atoms with Gasteiger partial charge in [-0.05, 0) is 18.3 Å². The molecule has 0 bridgehead atoms. The lowest BCUT2D eigenvalue weighted by Crippen LogP contribution is -2.52. The third-order valence-electron chi connectivity index (χ3n) is 4.43. The van der Waals surface area contributed by atoms with E-state index < -0.39 is 30.0 Å². The Kier molecular flexibility index (Phi) is 5.36. The molecule has 3 rings (SSSR count). The molecule has 3 aromatic heterocycles. The second-order valence-electron chi connectivity index (χ2n) is 6.53. The average molecular weight is 412 g/mol. The minimum absolute atomic E-state index is 0.0848. The lowest BCUT2D eigenvalue weighted by atomic mass is 9.97. The Morgan fingerprint density at radius 3 is 2.76 bits per heavy atom. The van der Waals surface area contributed by atoms with E-state index in [0.29, 0.717) is 16.6 Å². The monoisotopic (exact) mass is 412 g/mol. The van der Waals surface area contributed by atoms with Crippen molar-refractivity contribution in [3.63, 3.8) is 0 Å². The van der Waals surface area contributed by atoms with E-state index in [0.717, 1.165) is 6.20 Å². The zero-order valence-electron chi connectivity index (χ0n) is 15.5. The molecule has 3 aromatic rings. The molecule has 0 aliphatic heterocycles. The molecule has 1 atom stereocenters. The summed E-state index contributed by atoms with van der Waals surface area (Å²) in [4.78, 5) is 30.2. The predicted octanol–water partition coefficient (Wildman–Crippen LogP) is 2.23. The number of rotatable bonds is 6. The topological polar surface area (TPSA) is 110 Å². The maximum atomic E-state index is 14.3. The highest BCUT2D eigenvalue weighted by Gasteiger charge is 2.36. The van der Waals surface area contributed by atoms with Crippen LogP contribution in [-0.2, 0) is 4.79 Å². The molecule has 0 saturated carbocycles. The van der Waals surface area contributed by atoms with E-state index in [1.165, 1.54) is 13.3 Å². The van der Waals surface area contributed by atoms with Crippen LogP contribution < -0.4 is 15.6 Å². The average Bonchev–Trinajstić information content (AvgIpc) is 3.11.